The Morgan fingerprint density at radius 1 is 0.735 bits per heavy atom. The van der Waals surface area contributed by atoms with Crippen molar-refractivity contribution in [3.05, 3.63) is 52.7 Å². The summed E-state index contributed by atoms with van der Waals surface area (Å²) in [4.78, 5) is 46.5. The average molecular weight is 695 g/mol. The number of benzene rings is 2. The molecule has 9 N–H and O–H groups in total. The van der Waals surface area contributed by atoms with Crippen molar-refractivity contribution in [3.63, 3.8) is 0 Å². The van der Waals surface area contributed by atoms with Crippen LogP contribution < -0.4 is 14.9 Å². The summed E-state index contributed by atoms with van der Waals surface area (Å²) in [6.45, 7) is -0.651. The van der Waals surface area contributed by atoms with Gasteiger partial charge in [0.25, 0.3) is 0 Å². The van der Waals surface area contributed by atoms with Crippen LogP contribution in [0.4, 0.5) is 0 Å². The van der Waals surface area contributed by atoms with Crippen molar-refractivity contribution >= 4 is 28.9 Å². The molecule has 2 aliphatic heterocycles. The Hall–Kier alpha value is -4.86. The molecule has 2 aromatic carbocycles. The molecule has 1 aromatic heterocycles. The zero-order valence-corrected chi connectivity index (χ0v) is 24.8. The highest BCUT2D eigenvalue weighted by molar-refractivity contribution is 5.90. The molecule has 0 saturated carbocycles. The zero-order chi connectivity index (χ0) is 35.7. The van der Waals surface area contributed by atoms with Gasteiger partial charge in [-0.1, -0.05) is 0 Å². The van der Waals surface area contributed by atoms with Crippen LogP contribution in [0.3, 0.4) is 0 Å². The van der Waals surface area contributed by atoms with Crippen LogP contribution >= 0.6 is 0 Å². The highest BCUT2D eigenvalue weighted by atomic mass is 16.7. The Labute approximate surface area is 273 Å². The quantitative estimate of drug-likeness (QED) is 0.0792. The van der Waals surface area contributed by atoms with Crippen LogP contribution in [0, 0.1) is 0 Å². The van der Waals surface area contributed by atoms with Gasteiger partial charge in [0, 0.05) is 23.8 Å². The summed E-state index contributed by atoms with van der Waals surface area (Å²) in [5.74, 6) is -5.03. The number of phenols is 1. The fraction of sp³-hybridized carbons (Fsp3) is 0.400. The van der Waals surface area contributed by atoms with Crippen molar-refractivity contribution in [2.75, 3.05) is 6.61 Å². The second-order valence-electron chi connectivity index (χ2n) is 11.1. The van der Waals surface area contributed by atoms with E-state index in [-0.39, 0.29) is 28.2 Å². The van der Waals surface area contributed by atoms with E-state index in [0.29, 0.717) is 5.56 Å². The van der Waals surface area contributed by atoms with E-state index in [4.69, 9.17) is 33.2 Å². The summed E-state index contributed by atoms with van der Waals surface area (Å²) in [5.41, 5.74) is -0.589. The first-order chi connectivity index (χ1) is 23.1. The van der Waals surface area contributed by atoms with Gasteiger partial charge in [-0.15, -0.1) is 0 Å². The number of aliphatic hydroxyl groups is 6. The van der Waals surface area contributed by atoms with Gasteiger partial charge >= 0.3 is 17.9 Å². The van der Waals surface area contributed by atoms with Crippen LogP contribution in [0.15, 0.2) is 51.7 Å². The number of rotatable bonds is 10. The van der Waals surface area contributed by atoms with E-state index in [9.17, 15) is 60.0 Å². The monoisotopic (exact) mass is 694 g/mol. The van der Waals surface area contributed by atoms with E-state index in [1.165, 1.54) is 24.3 Å². The molecule has 2 fully saturated rings. The number of aromatic hydroxyl groups is 1. The smallest absolute Gasteiger partial charge is 0.335 e. The van der Waals surface area contributed by atoms with Gasteiger partial charge in [-0.05, 0) is 24.3 Å². The average Bonchev–Trinajstić information content (AvgIpc) is 3.04. The topological polar surface area (TPSA) is 310 Å². The summed E-state index contributed by atoms with van der Waals surface area (Å²) in [5, 5.41) is 89.2. The van der Waals surface area contributed by atoms with Crippen LogP contribution in [0.2, 0.25) is 0 Å². The van der Waals surface area contributed by atoms with Crippen molar-refractivity contribution in [1.82, 2.24) is 0 Å². The van der Waals surface area contributed by atoms with Gasteiger partial charge in [0.1, 0.15) is 89.7 Å². The van der Waals surface area contributed by atoms with Gasteiger partial charge in [0.15, 0.2) is 11.5 Å². The number of fused-ring (bicyclic) bond motifs is 1. The number of aliphatic carboxylic acids is 2. The second-order valence-corrected chi connectivity index (χ2v) is 11.1. The summed E-state index contributed by atoms with van der Waals surface area (Å²) < 4.78 is 32.1. The normalized spacial score (nSPS) is 30.0. The van der Waals surface area contributed by atoms with Gasteiger partial charge in [-0.2, -0.15) is 0 Å². The largest absolute Gasteiger partial charge is 0.507 e. The lowest BCUT2D eigenvalue weighted by Gasteiger charge is -2.39. The molecule has 264 valence electrons. The Bertz CT molecular complexity index is 1750. The molecule has 3 aromatic rings. The number of phenolic OH excluding ortho intramolecular Hbond substituents is 1. The lowest BCUT2D eigenvalue weighted by Crippen LogP contribution is -2.61. The molecule has 19 heteroatoms. The first-order valence-electron chi connectivity index (χ1n) is 14.4. The first-order valence-corrected chi connectivity index (χ1v) is 14.4. The number of hydrogen-bond acceptors (Lipinski definition) is 17. The maximum atomic E-state index is 12.9. The molecule has 5 rings (SSSR count). The molecule has 0 aliphatic carbocycles. The molecule has 0 amide bonds. The van der Waals surface area contributed by atoms with Gasteiger partial charge < -0.3 is 74.1 Å². The molecular weight excluding hydrogens is 664 g/mol. The third-order valence-corrected chi connectivity index (χ3v) is 7.61. The Morgan fingerprint density at radius 3 is 1.98 bits per heavy atom. The van der Waals surface area contributed by atoms with E-state index in [2.05, 4.69) is 0 Å². The Kier molecular flexibility index (Phi) is 10.4. The minimum absolute atomic E-state index is 0.0187. The number of carboxylic acids is 2. The van der Waals surface area contributed by atoms with Crippen LogP contribution in [0.1, 0.15) is 6.42 Å². The molecule has 0 spiro atoms. The van der Waals surface area contributed by atoms with Crippen molar-refractivity contribution in [1.29, 1.82) is 0 Å². The van der Waals surface area contributed by atoms with Gasteiger partial charge in [-0.25, -0.2) is 4.79 Å². The van der Waals surface area contributed by atoms with Crippen LogP contribution in [-0.4, -0.2) is 132 Å². The molecule has 49 heavy (non-hydrogen) atoms. The molecular formula is C30H30O19. The fourth-order valence-corrected chi connectivity index (χ4v) is 5.07. The van der Waals surface area contributed by atoms with E-state index >= 15 is 0 Å². The Morgan fingerprint density at radius 2 is 1.35 bits per heavy atom. The van der Waals surface area contributed by atoms with Crippen LogP contribution in [0.5, 0.6) is 17.2 Å². The van der Waals surface area contributed by atoms with Gasteiger partial charge in [0.2, 0.25) is 12.6 Å². The van der Waals surface area contributed by atoms with E-state index in [1.807, 2.05) is 0 Å². The summed E-state index contributed by atoms with van der Waals surface area (Å²) >= 11 is 0. The summed E-state index contributed by atoms with van der Waals surface area (Å²) in [6.07, 6.45) is -18.7. The predicted molar refractivity (Wildman–Crippen MR) is 155 cm³/mol. The molecule has 0 radical (unpaired) electrons. The molecule has 0 bridgehead atoms. The molecule has 19 nitrogen and oxygen atoms in total. The number of aliphatic hydroxyl groups excluding tert-OH is 6. The highest BCUT2D eigenvalue weighted by Gasteiger charge is 2.48. The fourth-order valence-electron chi connectivity index (χ4n) is 5.07. The van der Waals surface area contributed by atoms with Crippen molar-refractivity contribution < 1.29 is 88.4 Å². The number of carbonyl (C=O) groups excluding carboxylic acids is 1. The maximum absolute atomic E-state index is 12.9. The van der Waals surface area contributed by atoms with Crippen molar-refractivity contribution in [2.24, 2.45) is 0 Å². The number of esters is 1. The zero-order valence-electron chi connectivity index (χ0n) is 24.8. The third kappa shape index (κ3) is 7.58. The third-order valence-electron chi connectivity index (χ3n) is 7.61. The molecule has 2 aliphatic rings. The standard InChI is InChI=1S/C30H30O19/c31-13-5-12(46-30-26(41)23(38)24(39)27(49-30)28(42)43)6-16-20(13)14(32)7-15(47-16)10-1-3-11(4-2-10)45-29-25(40)22(37)21(36)17(48-29)9-44-19(35)8-18(33)34/h1-7,17,21-27,29-31,36-41H,8-9H2,(H,33,34)(H,42,43)/t17-,21-,22+,23+,24+,25-,26-,27+,29-,30-/m1/s1. The minimum Gasteiger partial charge on any atom is -0.507 e. The van der Waals surface area contributed by atoms with Crippen LogP contribution in [-0.2, 0) is 28.6 Å². The van der Waals surface area contributed by atoms with Crippen LogP contribution in [0.25, 0.3) is 22.3 Å². The lowest BCUT2D eigenvalue weighted by molar-refractivity contribution is -0.278. The Balaban J connectivity index is 1.32. The molecule has 0 unspecified atom stereocenters. The number of ether oxygens (including phenoxy) is 5. The second kappa shape index (κ2) is 14.3. The number of carbonyl (C=O) groups is 3. The summed E-state index contributed by atoms with van der Waals surface area (Å²) in [7, 11) is 0. The summed E-state index contributed by atoms with van der Waals surface area (Å²) in [6, 6.07) is 8.77. The van der Waals surface area contributed by atoms with E-state index < -0.39 is 104 Å². The highest BCUT2D eigenvalue weighted by Crippen LogP contribution is 2.34. The van der Waals surface area contributed by atoms with E-state index in [0.717, 1.165) is 18.2 Å². The SMILES string of the molecule is O=C(O)CC(=O)OC[C@H]1O[C@@H](Oc2ccc(-c3cc(=O)c4c(O)cc(O[C@@H]5O[C@H](C(=O)O)[C@@H](O)[C@H](O)[C@H]5O)cc4o3)cc2)[C@H](O)[C@@H](O)[C@@H]1O. The van der Waals surface area contributed by atoms with Gasteiger partial charge in [-0.3, -0.25) is 14.4 Å². The first kappa shape index (κ1) is 35.4. The van der Waals surface area contributed by atoms with E-state index in [1.54, 1.807) is 0 Å². The minimum atomic E-state index is -1.96. The van der Waals surface area contributed by atoms with Crippen molar-refractivity contribution in [2.45, 2.75) is 67.8 Å². The predicted octanol–water partition coefficient (Wildman–Crippen LogP) is -2.36. The maximum Gasteiger partial charge on any atom is 0.335 e. The lowest BCUT2D eigenvalue weighted by atomic mass is 9.99. The number of carboxylic acid groups (broad SMARTS) is 2. The number of hydrogen-bond donors (Lipinski definition) is 9. The van der Waals surface area contributed by atoms with Gasteiger partial charge in [0.05, 0.1) is 0 Å². The molecule has 2 saturated heterocycles. The molecule has 10 atom stereocenters. The van der Waals surface area contributed by atoms with Crippen molar-refractivity contribution in [3.8, 4) is 28.6 Å². The molecule has 3 heterocycles.